The minimum absolute atomic E-state index is 0.358. The molecular formula is C20H26O2. The van der Waals surface area contributed by atoms with Crippen molar-refractivity contribution in [3.05, 3.63) is 54.1 Å². The molecule has 2 heteroatoms. The topological polar surface area (TPSA) is 29.5 Å². The number of unbranched alkanes of at least 4 members (excludes halogenated alkanes) is 3. The lowest BCUT2D eigenvalue weighted by Gasteiger charge is -2.13. The van der Waals surface area contributed by atoms with Gasteiger partial charge in [-0.25, -0.2) is 0 Å². The Morgan fingerprint density at radius 2 is 1.68 bits per heavy atom. The normalized spacial score (nSPS) is 12.1. The van der Waals surface area contributed by atoms with Crippen LogP contribution < -0.4 is 4.74 Å². The lowest BCUT2D eigenvalue weighted by atomic mass is 9.98. The summed E-state index contributed by atoms with van der Waals surface area (Å²) in [4.78, 5) is 0. The van der Waals surface area contributed by atoms with E-state index in [0.717, 1.165) is 35.3 Å². The maximum absolute atomic E-state index is 10.3. The standard InChI is InChI=1S/C20H26O2/c1-3-4-5-6-10-19(21)17-14-12-16(13-15-17)18-9-7-8-11-20(18)22-2/h7-9,11-15,19,21H,3-6,10H2,1-2H3. The van der Waals surface area contributed by atoms with Gasteiger partial charge in [-0.05, 0) is 23.6 Å². The molecule has 2 aromatic rings. The summed E-state index contributed by atoms with van der Waals surface area (Å²) >= 11 is 0. The fourth-order valence-corrected chi connectivity index (χ4v) is 2.70. The molecule has 22 heavy (non-hydrogen) atoms. The number of hydrogen-bond donors (Lipinski definition) is 1. The zero-order chi connectivity index (χ0) is 15.8. The Labute approximate surface area is 133 Å². The highest BCUT2D eigenvalue weighted by atomic mass is 16.5. The summed E-state index contributed by atoms with van der Waals surface area (Å²) in [5, 5.41) is 10.3. The van der Waals surface area contributed by atoms with Gasteiger partial charge >= 0.3 is 0 Å². The van der Waals surface area contributed by atoms with Crippen LogP contribution in [0.4, 0.5) is 0 Å². The molecule has 0 saturated carbocycles. The van der Waals surface area contributed by atoms with E-state index >= 15 is 0 Å². The maximum atomic E-state index is 10.3. The molecule has 0 amide bonds. The van der Waals surface area contributed by atoms with Crippen LogP contribution in [0.25, 0.3) is 11.1 Å². The minimum Gasteiger partial charge on any atom is -0.496 e. The molecule has 0 radical (unpaired) electrons. The van der Waals surface area contributed by atoms with Crippen molar-refractivity contribution in [1.29, 1.82) is 0 Å². The van der Waals surface area contributed by atoms with Crippen molar-refractivity contribution in [2.75, 3.05) is 7.11 Å². The van der Waals surface area contributed by atoms with E-state index in [2.05, 4.69) is 25.1 Å². The first kappa shape index (κ1) is 16.6. The number of para-hydroxylation sites is 1. The smallest absolute Gasteiger partial charge is 0.126 e. The number of methoxy groups -OCH3 is 1. The van der Waals surface area contributed by atoms with Crippen molar-refractivity contribution in [3.63, 3.8) is 0 Å². The second-order valence-electron chi connectivity index (χ2n) is 5.69. The van der Waals surface area contributed by atoms with E-state index in [9.17, 15) is 5.11 Å². The Morgan fingerprint density at radius 1 is 0.955 bits per heavy atom. The van der Waals surface area contributed by atoms with Gasteiger partial charge in [0.2, 0.25) is 0 Å². The van der Waals surface area contributed by atoms with Crippen LogP contribution in [0.1, 0.15) is 50.7 Å². The van der Waals surface area contributed by atoms with Crippen molar-refractivity contribution in [1.82, 2.24) is 0 Å². The van der Waals surface area contributed by atoms with Crippen LogP contribution in [0.2, 0.25) is 0 Å². The summed E-state index contributed by atoms with van der Waals surface area (Å²) in [6.07, 6.45) is 5.25. The highest BCUT2D eigenvalue weighted by molar-refractivity contribution is 5.70. The Bertz CT molecular complexity index is 560. The largest absolute Gasteiger partial charge is 0.496 e. The summed E-state index contributed by atoms with van der Waals surface area (Å²) in [5.41, 5.74) is 3.18. The third-order valence-electron chi connectivity index (χ3n) is 4.04. The first-order valence-electron chi connectivity index (χ1n) is 8.17. The summed E-state index contributed by atoms with van der Waals surface area (Å²) in [7, 11) is 1.69. The third kappa shape index (κ3) is 4.35. The molecule has 0 saturated heterocycles. The molecule has 0 aromatic heterocycles. The minimum atomic E-state index is -0.358. The van der Waals surface area contributed by atoms with Crippen molar-refractivity contribution < 1.29 is 9.84 Å². The van der Waals surface area contributed by atoms with E-state index in [1.165, 1.54) is 19.3 Å². The van der Waals surface area contributed by atoms with Gasteiger partial charge in [0.25, 0.3) is 0 Å². The van der Waals surface area contributed by atoms with Gasteiger partial charge in [0.05, 0.1) is 13.2 Å². The first-order valence-corrected chi connectivity index (χ1v) is 8.17. The summed E-state index contributed by atoms with van der Waals surface area (Å²) in [6.45, 7) is 2.20. The number of rotatable bonds is 8. The number of aliphatic hydroxyl groups is 1. The molecule has 2 aromatic carbocycles. The molecule has 0 aliphatic heterocycles. The van der Waals surface area contributed by atoms with Gasteiger partial charge < -0.3 is 9.84 Å². The van der Waals surface area contributed by atoms with Gasteiger partial charge in [0.1, 0.15) is 5.75 Å². The van der Waals surface area contributed by atoms with E-state index in [1.807, 2.05) is 30.3 Å². The molecule has 0 fully saturated rings. The first-order chi connectivity index (χ1) is 10.8. The number of aliphatic hydroxyl groups excluding tert-OH is 1. The molecule has 118 valence electrons. The Kier molecular flexibility index (Phi) is 6.47. The van der Waals surface area contributed by atoms with Crippen molar-refractivity contribution in [2.45, 2.75) is 45.1 Å². The van der Waals surface area contributed by atoms with Gasteiger partial charge in [-0.1, -0.05) is 75.1 Å². The van der Waals surface area contributed by atoms with Crippen LogP contribution in [0.15, 0.2) is 48.5 Å². The van der Waals surface area contributed by atoms with Gasteiger partial charge in [-0.3, -0.25) is 0 Å². The maximum Gasteiger partial charge on any atom is 0.126 e. The Morgan fingerprint density at radius 3 is 2.36 bits per heavy atom. The fourth-order valence-electron chi connectivity index (χ4n) is 2.70. The van der Waals surface area contributed by atoms with Crippen LogP contribution in [0, 0.1) is 0 Å². The molecule has 1 unspecified atom stereocenters. The van der Waals surface area contributed by atoms with Gasteiger partial charge in [-0.15, -0.1) is 0 Å². The molecule has 0 aliphatic rings. The summed E-state index contributed by atoms with van der Waals surface area (Å²) in [5.74, 6) is 0.871. The van der Waals surface area contributed by atoms with E-state index < -0.39 is 0 Å². The summed E-state index contributed by atoms with van der Waals surface area (Å²) in [6, 6.07) is 16.1. The predicted molar refractivity (Wildman–Crippen MR) is 92.1 cm³/mol. The highest BCUT2D eigenvalue weighted by Crippen LogP contribution is 2.30. The van der Waals surface area contributed by atoms with Crippen LogP contribution in [-0.2, 0) is 0 Å². The average molecular weight is 298 g/mol. The van der Waals surface area contributed by atoms with Crippen molar-refractivity contribution in [2.24, 2.45) is 0 Å². The van der Waals surface area contributed by atoms with Crippen molar-refractivity contribution in [3.8, 4) is 16.9 Å². The van der Waals surface area contributed by atoms with Crippen molar-refractivity contribution >= 4 is 0 Å². The predicted octanol–water partition coefficient (Wildman–Crippen LogP) is 5.37. The van der Waals surface area contributed by atoms with Gasteiger partial charge in [0, 0.05) is 5.56 Å². The van der Waals surface area contributed by atoms with Gasteiger partial charge in [0.15, 0.2) is 0 Å². The monoisotopic (exact) mass is 298 g/mol. The summed E-state index contributed by atoms with van der Waals surface area (Å²) < 4.78 is 5.40. The quantitative estimate of drug-likeness (QED) is 0.664. The molecule has 1 atom stereocenters. The fraction of sp³-hybridized carbons (Fsp3) is 0.400. The molecule has 1 N–H and O–H groups in total. The van der Waals surface area contributed by atoms with Crippen LogP contribution in [-0.4, -0.2) is 12.2 Å². The second kappa shape index (κ2) is 8.60. The van der Waals surface area contributed by atoms with E-state index in [1.54, 1.807) is 7.11 Å². The van der Waals surface area contributed by atoms with E-state index in [0.29, 0.717) is 0 Å². The lowest BCUT2D eigenvalue weighted by molar-refractivity contribution is 0.163. The molecule has 0 aliphatic carbocycles. The molecule has 0 bridgehead atoms. The van der Waals surface area contributed by atoms with Crippen LogP contribution in [0.3, 0.4) is 0 Å². The lowest BCUT2D eigenvalue weighted by Crippen LogP contribution is -1.97. The molecule has 2 nitrogen and oxygen atoms in total. The number of hydrogen-bond acceptors (Lipinski definition) is 2. The zero-order valence-electron chi connectivity index (χ0n) is 13.6. The number of benzene rings is 2. The average Bonchev–Trinajstić information content (AvgIpc) is 2.58. The molecule has 0 heterocycles. The molecule has 0 spiro atoms. The van der Waals surface area contributed by atoms with Gasteiger partial charge in [-0.2, -0.15) is 0 Å². The van der Waals surface area contributed by atoms with Crippen LogP contribution in [0.5, 0.6) is 5.75 Å². The van der Waals surface area contributed by atoms with E-state index in [-0.39, 0.29) is 6.10 Å². The Balaban J connectivity index is 2.03. The second-order valence-corrected chi connectivity index (χ2v) is 5.69. The highest BCUT2D eigenvalue weighted by Gasteiger charge is 2.09. The van der Waals surface area contributed by atoms with Crippen LogP contribution >= 0.6 is 0 Å². The zero-order valence-corrected chi connectivity index (χ0v) is 13.6. The third-order valence-corrected chi connectivity index (χ3v) is 4.04. The van der Waals surface area contributed by atoms with E-state index in [4.69, 9.17) is 4.74 Å². The molecule has 2 rings (SSSR count). The molecular weight excluding hydrogens is 272 g/mol. The number of ether oxygens (including phenoxy) is 1. The SMILES string of the molecule is CCCCCCC(O)c1ccc(-c2ccccc2OC)cc1. The Hall–Kier alpha value is -1.80.